The number of carbonyl (C=O) groups is 1. The third-order valence-electron chi connectivity index (χ3n) is 3.41. The molecule has 0 bridgehead atoms. The van der Waals surface area contributed by atoms with E-state index in [0.29, 0.717) is 6.42 Å². The quantitative estimate of drug-likeness (QED) is 0.760. The van der Waals surface area contributed by atoms with Crippen molar-refractivity contribution in [2.24, 2.45) is 0 Å². The van der Waals surface area contributed by atoms with Gasteiger partial charge in [0.2, 0.25) is 0 Å². The first-order chi connectivity index (χ1) is 8.71. The molecule has 6 heteroatoms. The van der Waals surface area contributed by atoms with Crippen molar-refractivity contribution in [2.45, 2.75) is 63.8 Å². The predicted octanol–water partition coefficient (Wildman–Crippen LogP) is 0.609. The van der Waals surface area contributed by atoms with Crippen LogP contribution in [0.25, 0.3) is 0 Å². The fourth-order valence-electron chi connectivity index (χ4n) is 2.56. The summed E-state index contributed by atoms with van der Waals surface area (Å²) >= 11 is 0. The molecule has 0 spiro atoms. The zero-order chi connectivity index (χ0) is 14.3. The molecule has 1 N–H and O–H groups in total. The Kier molecular flexibility index (Phi) is 3.88. The normalized spacial score (nSPS) is 40.8. The Labute approximate surface area is 113 Å². The van der Waals surface area contributed by atoms with Gasteiger partial charge < -0.3 is 24.1 Å². The van der Waals surface area contributed by atoms with Crippen LogP contribution in [0.3, 0.4) is 0 Å². The van der Waals surface area contributed by atoms with Gasteiger partial charge in [-0.3, -0.25) is 4.79 Å². The highest BCUT2D eigenvalue weighted by Gasteiger charge is 2.56. The highest BCUT2D eigenvalue weighted by Crippen LogP contribution is 2.40. The Bertz CT molecular complexity index is 351. The van der Waals surface area contributed by atoms with E-state index in [1.54, 1.807) is 6.92 Å². The molecule has 0 aliphatic carbocycles. The molecule has 2 rings (SSSR count). The summed E-state index contributed by atoms with van der Waals surface area (Å²) in [6, 6.07) is 0. The van der Waals surface area contributed by atoms with Crippen molar-refractivity contribution in [2.75, 3.05) is 13.2 Å². The fraction of sp³-hybridized carbons (Fsp3) is 0.923. The Morgan fingerprint density at radius 3 is 2.68 bits per heavy atom. The second-order valence-corrected chi connectivity index (χ2v) is 5.86. The van der Waals surface area contributed by atoms with E-state index in [1.165, 1.54) is 6.92 Å². The van der Waals surface area contributed by atoms with Gasteiger partial charge in [-0.1, -0.05) is 0 Å². The van der Waals surface area contributed by atoms with Crippen LogP contribution in [0.15, 0.2) is 0 Å². The summed E-state index contributed by atoms with van der Waals surface area (Å²) in [6.07, 6.45) is -0.504. The topological polar surface area (TPSA) is 74.2 Å². The maximum atomic E-state index is 10.8. The Hall–Kier alpha value is -0.690. The molecule has 0 amide bonds. The van der Waals surface area contributed by atoms with Crippen LogP contribution in [0.1, 0.15) is 34.1 Å². The molecule has 0 radical (unpaired) electrons. The maximum absolute atomic E-state index is 10.8. The first kappa shape index (κ1) is 14.7. The maximum Gasteiger partial charge on any atom is 0.302 e. The van der Waals surface area contributed by atoms with E-state index < -0.39 is 17.5 Å². The van der Waals surface area contributed by atoms with Crippen LogP contribution >= 0.6 is 0 Å². The Morgan fingerprint density at radius 2 is 2.05 bits per heavy atom. The summed E-state index contributed by atoms with van der Waals surface area (Å²) in [5, 5.41) is 10.3. The van der Waals surface area contributed by atoms with E-state index >= 15 is 0 Å². The van der Waals surface area contributed by atoms with Gasteiger partial charge in [-0.05, 0) is 20.8 Å². The van der Waals surface area contributed by atoms with E-state index in [1.807, 2.05) is 13.8 Å². The Balaban J connectivity index is 2.01. The summed E-state index contributed by atoms with van der Waals surface area (Å²) in [5.74, 6) is -1.06. The molecular weight excluding hydrogens is 252 g/mol. The van der Waals surface area contributed by atoms with Gasteiger partial charge in [-0.25, -0.2) is 0 Å². The molecule has 0 aromatic rings. The summed E-state index contributed by atoms with van der Waals surface area (Å²) < 4.78 is 22.1. The molecule has 2 fully saturated rings. The van der Waals surface area contributed by atoms with Crippen LogP contribution in [0, 0.1) is 0 Å². The number of esters is 1. The van der Waals surface area contributed by atoms with Crippen molar-refractivity contribution in [3.05, 3.63) is 0 Å². The SMILES string of the molecule is CC(=O)OCCC1OCC(C)(O)C2OC(C)(C)OC12. The lowest BCUT2D eigenvalue weighted by Gasteiger charge is -2.40. The predicted molar refractivity (Wildman–Crippen MR) is 65.4 cm³/mol. The number of ether oxygens (including phenoxy) is 4. The minimum Gasteiger partial charge on any atom is -0.466 e. The summed E-state index contributed by atoms with van der Waals surface area (Å²) in [5.41, 5.74) is -1.07. The van der Waals surface area contributed by atoms with Crippen LogP contribution in [0.4, 0.5) is 0 Å². The largest absolute Gasteiger partial charge is 0.466 e. The second kappa shape index (κ2) is 5.01. The number of fused-ring (bicyclic) bond motifs is 1. The van der Waals surface area contributed by atoms with Gasteiger partial charge in [0.05, 0.1) is 19.3 Å². The van der Waals surface area contributed by atoms with Gasteiger partial charge in [0.15, 0.2) is 5.79 Å². The molecule has 2 heterocycles. The fourth-order valence-corrected chi connectivity index (χ4v) is 2.56. The van der Waals surface area contributed by atoms with Crippen molar-refractivity contribution in [1.29, 1.82) is 0 Å². The number of rotatable bonds is 3. The number of aliphatic hydroxyl groups is 1. The lowest BCUT2D eigenvalue weighted by Crippen LogP contribution is -2.58. The van der Waals surface area contributed by atoms with E-state index in [-0.39, 0.29) is 31.4 Å². The van der Waals surface area contributed by atoms with E-state index in [0.717, 1.165) is 0 Å². The summed E-state index contributed by atoms with van der Waals surface area (Å²) in [4.78, 5) is 10.8. The average Bonchev–Trinajstić information content (AvgIpc) is 2.59. The van der Waals surface area contributed by atoms with E-state index in [9.17, 15) is 9.90 Å². The first-order valence-electron chi connectivity index (χ1n) is 6.54. The van der Waals surface area contributed by atoms with Gasteiger partial charge in [0, 0.05) is 13.3 Å². The highest BCUT2D eigenvalue weighted by molar-refractivity contribution is 5.65. The first-order valence-corrected chi connectivity index (χ1v) is 6.54. The van der Waals surface area contributed by atoms with Crippen LogP contribution in [-0.4, -0.2) is 54.0 Å². The number of carbonyl (C=O) groups excluding carboxylic acids is 1. The minimum atomic E-state index is -1.07. The van der Waals surface area contributed by atoms with Gasteiger partial charge in [-0.15, -0.1) is 0 Å². The van der Waals surface area contributed by atoms with Gasteiger partial charge in [0.1, 0.15) is 17.8 Å². The molecule has 6 nitrogen and oxygen atoms in total. The van der Waals surface area contributed by atoms with Crippen molar-refractivity contribution < 1.29 is 28.8 Å². The van der Waals surface area contributed by atoms with Gasteiger partial charge >= 0.3 is 5.97 Å². The average molecular weight is 274 g/mol. The molecule has 2 saturated heterocycles. The van der Waals surface area contributed by atoms with Gasteiger partial charge in [0.25, 0.3) is 0 Å². The zero-order valence-electron chi connectivity index (χ0n) is 11.8. The summed E-state index contributed by atoms with van der Waals surface area (Å²) in [7, 11) is 0. The molecule has 19 heavy (non-hydrogen) atoms. The van der Waals surface area contributed by atoms with E-state index in [2.05, 4.69) is 0 Å². The highest BCUT2D eigenvalue weighted by atomic mass is 16.8. The smallest absolute Gasteiger partial charge is 0.302 e. The van der Waals surface area contributed by atoms with Crippen LogP contribution in [-0.2, 0) is 23.7 Å². The molecule has 4 unspecified atom stereocenters. The van der Waals surface area contributed by atoms with Crippen LogP contribution in [0.5, 0.6) is 0 Å². The van der Waals surface area contributed by atoms with Crippen LogP contribution < -0.4 is 0 Å². The molecule has 2 aliphatic heterocycles. The minimum absolute atomic E-state index is 0.179. The molecule has 2 aliphatic rings. The standard InChI is InChI=1S/C13H22O6/c1-8(14)16-6-5-9-10-11(13(4,15)7-17-9)19-12(2,3)18-10/h9-11,15H,5-7H2,1-4H3. The molecule has 0 aromatic carbocycles. The summed E-state index contributed by atoms with van der Waals surface area (Å²) in [6.45, 7) is 7.12. The second-order valence-electron chi connectivity index (χ2n) is 5.86. The van der Waals surface area contributed by atoms with Crippen molar-refractivity contribution >= 4 is 5.97 Å². The van der Waals surface area contributed by atoms with E-state index in [4.69, 9.17) is 18.9 Å². The molecule has 0 saturated carbocycles. The van der Waals surface area contributed by atoms with Crippen molar-refractivity contribution in [3.63, 3.8) is 0 Å². The third kappa shape index (κ3) is 3.25. The molecular formula is C13H22O6. The molecule has 110 valence electrons. The monoisotopic (exact) mass is 274 g/mol. The zero-order valence-corrected chi connectivity index (χ0v) is 11.8. The molecule has 4 atom stereocenters. The third-order valence-corrected chi connectivity index (χ3v) is 3.41. The lowest BCUT2D eigenvalue weighted by atomic mass is 9.89. The van der Waals surface area contributed by atoms with Gasteiger partial charge in [-0.2, -0.15) is 0 Å². The number of hydrogen-bond donors (Lipinski definition) is 1. The molecule has 0 aromatic heterocycles. The van der Waals surface area contributed by atoms with Crippen molar-refractivity contribution in [1.82, 2.24) is 0 Å². The number of hydrogen-bond acceptors (Lipinski definition) is 6. The lowest BCUT2D eigenvalue weighted by molar-refractivity contribution is -0.195. The Morgan fingerprint density at radius 1 is 1.37 bits per heavy atom. The van der Waals surface area contributed by atoms with Crippen molar-refractivity contribution in [3.8, 4) is 0 Å². The van der Waals surface area contributed by atoms with Crippen LogP contribution in [0.2, 0.25) is 0 Å².